The first-order chi connectivity index (χ1) is 14.7. The van der Waals surface area contributed by atoms with E-state index in [1.165, 1.54) is 94.1 Å². The lowest BCUT2D eigenvalue weighted by Gasteiger charge is -2.13. The molecule has 3 heteroatoms. The van der Waals surface area contributed by atoms with Crippen molar-refractivity contribution in [1.82, 2.24) is 0 Å². The van der Waals surface area contributed by atoms with Gasteiger partial charge in [0.2, 0.25) is 0 Å². The predicted octanol–water partition coefficient (Wildman–Crippen LogP) is 9.31. The van der Waals surface area contributed by atoms with E-state index in [0.717, 1.165) is 29.1 Å². The molecular formula is C27H46OS2. The van der Waals surface area contributed by atoms with E-state index in [-0.39, 0.29) is 0 Å². The van der Waals surface area contributed by atoms with Gasteiger partial charge in [-0.05, 0) is 41.9 Å². The summed E-state index contributed by atoms with van der Waals surface area (Å²) in [5, 5.41) is 10.7. The molecule has 0 aromatic heterocycles. The van der Waals surface area contributed by atoms with E-state index >= 15 is 0 Å². The summed E-state index contributed by atoms with van der Waals surface area (Å²) in [6.07, 6.45) is 18.9. The zero-order chi connectivity index (χ0) is 21.9. The van der Waals surface area contributed by atoms with Gasteiger partial charge in [-0.1, -0.05) is 96.3 Å². The van der Waals surface area contributed by atoms with Crippen molar-refractivity contribution in [2.75, 3.05) is 11.5 Å². The fourth-order valence-electron chi connectivity index (χ4n) is 3.68. The Kier molecular flexibility index (Phi) is 17.6. The Morgan fingerprint density at radius 1 is 0.733 bits per heavy atom. The second kappa shape index (κ2) is 19.2. The van der Waals surface area contributed by atoms with Gasteiger partial charge < -0.3 is 5.11 Å². The van der Waals surface area contributed by atoms with Gasteiger partial charge >= 0.3 is 0 Å². The summed E-state index contributed by atoms with van der Waals surface area (Å²) in [5.41, 5.74) is 3.51. The van der Waals surface area contributed by atoms with Crippen molar-refractivity contribution < 1.29 is 5.11 Å². The molecule has 1 N–H and O–H groups in total. The second-order valence-electron chi connectivity index (χ2n) is 8.40. The molecule has 0 aliphatic rings. The average Bonchev–Trinajstić information content (AvgIpc) is 2.75. The van der Waals surface area contributed by atoms with Crippen molar-refractivity contribution in [2.45, 2.75) is 109 Å². The zero-order valence-corrected chi connectivity index (χ0v) is 21.4. The van der Waals surface area contributed by atoms with E-state index < -0.39 is 0 Å². The van der Waals surface area contributed by atoms with Gasteiger partial charge in [0, 0.05) is 17.1 Å². The molecule has 0 bridgehead atoms. The Hall–Kier alpha value is -0.540. The summed E-state index contributed by atoms with van der Waals surface area (Å²) in [4.78, 5) is 0. The van der Waals surface area contributed by atoms with Gasteiger partial charge in [-0.25, -0.2) is 0 Å². The molecule has 1 nitrogen and oxygen atoms in total. The van der Waals surface area contributed by atoms with Crippen molar-refractivity contribution >= 4 is 23.5 Å². The maximum absolute atomic E-state index is 10.7. The monoisotopic (exact) mass is 450 g/mol. The third kappa shape index (κ3) is 13.0. The molecular weight excluding hydrogens is 404 g/mol. The van der Waals surface area contributed by atoms with Crippen molar-refractivity contribution in [3.05, 3.63) is 41.5 Å². The minimum absolute atomic E-state index is 0.495. The second-order valence-corrected chi connectivity index (χ2v) is 10.6. The minimum atomic E-state index is 0.495. The minimum Gasteiger partial charge on any atom is -0.507 e. The lowest BCUT2D eigenvalue weighted by Crippen LogP contribution is -1.95. The molecule has 0 atom stereocenters. The molecule has 0 spiro atoms. The van der Waals surface area contributed by atoms with Crippen LogP contribution in [-0.2, 0) is 17.9 Å². The fraction of sp³-hybridized carbons (Fsp3) is 0.704. The van der Waals surface area contributed by atoms with Crippen LogP contribution in [0.3, 0.4) is 0 Å². The summed E-state index contributed by atoms with van der Waals surface area (Å²) in [6.45, 7) is 8.41. The number of phenols is 1. The first-order valence-electron chi connectivity index (χ1n) is 12.3. The quantitative estimate of drug-likeness (QED) is 0.158. The highest BCUT2D eigenvalue weighted by molar-refractivity contribution is 7.98. The molecule has 0 unspecified atom stereocenters. The molecule has 0 amide bonds. The summed E-state index contributed by atoms with van der Waals surface area (Å²) < 4.78 is 0. The number of thioether (sulfide) groups is 2. The van der Waals surface area contributed by atoms with E-state index in [2.05, 4.69) is 32.6 Å². The molecule has 1 aromatic rings. The smallest absolute Gasteiger partial charge is 0.123 e. The highest BCUT2D eigenvalue weighted by atomic mass is 32.2. The maximum atomic E-state index is 10.7. The molecule has 1 aromatic carbocycles. The SMILES string of the molecule is C=CCc1cc(CSCCCCCCCC)cc(CSCCCCCCCC)c1O. The lowest BCUT2D eigenvalue weighted by atomic mass is 10.0. The van der Waals surface area contributed by atoms with Crippen LogP contribution in [0.2, 0.25) is 0 Å². The van der Waals surface area contributed by atoms with Crippen LogP contribution in [0.4, 0.5) is 0 Å². The Balaban J connectivity index is 2.41. The predicted molar refractivity (Wildman–Crippen MR) is 141 cm³/mol. The molecule has 30 heavy (non-hydrogen) atoms. The van der Waals surface area contributed by atoms with Gasteiger partial charge in [-0.3, -0.25) is 0 Å². The van der Waals surface area contributed by atoms with Crippen molar-refractivity contribution in [3.63, 3.8) is 0 Å². The summed E-state index contributed by atoms with van der Waals surface area (Å²) in [5.74, 6) is 4.90. The summed E-state index contributed by atoms with van der Waals surface area (Å²) in [7, 11) is 0. The van der Waals surface area contributed by atoms with E-state index in [4.69, 9.17) is 0 Å². The molecule has 0 aliphatic heterocycles. The molecule has 0 aliphatic carbocycles. The van der Waals surface area contributed by atoms with Crippen molar-refractivity contribution in [2.24, 2.45) is 0 Å². The number of unbranched alkanes of at least 4 members (excludes halogenated alkanes) is 10. The highest BCUT2D eigenvalue weighted by Crippen LogP contribution is 2.31. The Morgan fingerprint density at radius 2 is 1.23 bits per heavy atom. The molecule has 1 rings (SSSR count). The van der Waals surface area contributed by atoms with E-state index in [1.807, 2.05) is 29.6 Å². The number of phenolic OH excluding ortho intramolecular Hbond substituents is 1. The number of rotatable bonds is 20. The van der Waals surface area contributed by atoms with E-state index in [0.29, 0.717) is 5.75 Å². The van der Waals surface area contributed by atoms with Gasteiger partial charge in [0.25, 0.3) is 0 Å². The van der Waals surface area contributed by atoms with Gasteiger partial charge in [0.05, 0.1) is 0 Å². The fourth-order valence-corrected chi connectivity index (χ4v) is 5.63. The third-order valence-corrected chi connectivity index (χ3v) is 7.71. The standard InChI is InChI=1S/C27H46OS2/c1-4-7-9-11-13-15-18-29-22-24-20-25(17-6-3)27(28)26(21-24)23-30-19-16-14-12-10-8-5-2/h6,20-21,28H,3-5,7-19,22-23H2,1-2H3. The van der Waals surface area contributed by atoms with Gasteiger partial charge in [-0.2, -0.15) is 23.5 Å². The summed E-state index contributed by atoms with van der Waals surface area (Å²) >= 11 is 4.01. The summed E-state index contributed by atoms with van der Waals surface area (Å²) in [6, 6.07) is 4.43. The van der Waals surface area contributed by atoms with Crippen LogP contribution in [-0.4, -0.2) is 16.6 Å². The van der Waals surface area contributed by atoms with Crippen LogP contribution in [0, 0.1) is 0 Å². The van der Waals surface area contributed by atoms with Crippen LogP contribution in [0.15, 0.2) is 24.8 Å². The third-order valence-electron chi connectivity index (χ3n) is 5.50. The molecule has 172 valence electrons. The van der Waals surface area contributed by atoms with Gasteiger partial charge in [-0.15, -0.1) is 6.58 Å². The van der Waals surface area contributed by atoms with Gasteiger partial charge in [0.15, 0.2) is 0 Å². The van der Waals surface area contributed by atoms with Crippen molar-refractivity contribution in [3.8, 4) is 5.75 Å². The molecule has 0 heterocycles. The Bertz CT molecular complexity index is 556. The number of benzene rings is 1. The number of hydrogen-bond acceptors (Lipinski definition) is 3. The van der Waals surface area contributed by atoms with E-state index in [9.17, 15) is 5.11 Å². The first kappa shape index (κ1) is 27.5. The molecule has 0 saturated carbocycles. The van der Waals surface area contributed by atoms with Crippen LogP contribution >= 0.6 is 23.5 Å². The molecule has 0 fully saturated rings. The Labute approximate surface area is 195 Å². The normalized spacial score (nSPS) is 11.1. The average molecular weight is 451 g/mol. The topological polar surface area (TPSA) is 20.2 Å². The largest absolute Gasteiger partial charge is 0.507 e. The van der Waals surface area contributed by atoms with Crippen LogP contribution in [0.5, 0.6) is 5.75 Å². The number of allylic oxidation sites excluding steroid dienone is 1. The van der Waals surface area contributed by atoms with Crippen LogP contribution < -0.4 is 0 Å². The molecule has 0 saturated heterocycles. The lowest BCUT2D eigenvalue weighted by molar-refractivity contribution is 0.465. The van der Waals surface area contributed by atoms with E-state index in [1.54, 1.807) is 0 Å². The van der Waals surface area contributed by atoms with Crippen LogP contribution in [0.1, 0.15) is 108 Å². The molecule has 0 radical (unpaired) electrons. The number of hydrogen-bond donors (Lipinski definition) is 1. The van der Waals surface area contributed by atoms with Crippen LogP contribution in [0.25, 0.3) is 0 Å². The van der Waals surface area contributed by atoms with Gasteiger partial charge in [0.1, 0.15) is 5.75 Å². The zero-order valence-electron chi connectivity index (χ0n) is 19.7. The number of aromatic hydroxyl groups is 1. The maximum Gasteiger partial charge on any atom is 0.123 e. The Morgan fingerprint density at radius 3 is 1.80 bits per heavy atom. The highest BCUT2D eigenvalue weighted by Gasteiger charge is 2.10. The first-order valence-corrected chi connectivity index (χ1v) is 14.6. The van der Waals surface area contributed by atoms with Crippen molar-refractivity contribution in [1.29, 1.82) is 0 Å².